The van der Waals surface area contributed by atoms with E-state index in [1.54, 1.807) is 0 Å². The zero-order valence-corrected chi connectivity index (χ0v) is 31.8. The van der Waals surface area contributed by atoms with Gasteiger partial charge in [-0.2, -0.15) is 0 Å². The van der Waals surface area contributed by atoms with E-state index >= 15 is 0 Å². The van der Waals surface area contributed by atoms with Crippen LogP contribution in [-0.4, -0.2) is 19.5 Å². The molecule has 13 rings (SSSR count). The van der Waals surface area contributed by atoms with Gasteiger partial charge in [0.1, 0.15) is 0 Å². The maximum Gasteiger partial charge on any atom is 0.164 e. The Balaban J connectivity index is 1.16. The van der Waals surface area contributed by atoms with Crippen LogP contribution in [0.3, 0.4) is 0 Å². The molecule has 0 amide bonds. The molecule has 58 heavy (non-hydrogen) atoms. The molecule has 3 heterocycles. The Morgan fingerprint density at radius 2 is 0.914 bits per heavy atom. The molecular weight excluding hydrogens is 725 g/mol. The molecule has 4 nitrogen and oxygen atoms in total. The van der Waals surface area contributed by atoms with E-state index in [2.05, 4.69) is 150 Å². The lowest BCUT2D eigenvalue weighted by atomic mass is 9.91. The van der Waals surface area contributed by atoms with Crippen LogP contribution in [0.15, 0.2) is 182 Å². The molecule has 0 spiro atoms. The Morgan fingerprint density at radius 3 is 1.62 bits per heavy atom. The Bertz CT molecular complexity index is 3620. The summed E-state index contributed by atoms with van der Waals surface area (Å²) in [6, 6.07) is 65.6. The summed E-state index contributed by atoms with van der Waals surface area (Å²) in [5.74, 6) is 1.94. The maximum atomic E-state index is 5.21. The second-order valence-electron chi connectivity index (χ2n) is 15.1. The van der Waals surface area contributed by atoms with Gasteiger partial charge in [-0.05, 0) is 86.3 Å². The summed E-state index contributed by atoms with van der Waals surface area (Å²) in [5.41, 5.74) is 11.4. The molecule has 0 unspecified atom stereocenters. The highest BCUT2D eigenvalue weighted by Gasteiger charge is 2.27. The molecule has 0 fully saturated rings. The fourth-order valence-corrected chi connectivity index (χ4v) is 10.6. The molecule has 268 valence electrons. The first-order valence-electron chi connectivity index (χ1n) is 19.6. The molecule has 0 atom stereocenters. The fourth-order valence-electron chi connectivity index (χ4n) is 9.40. The van der Waals surface area contributed by atoms with Gasteiger partial charge in [-0.15, -0.1) is 11.3 Å². The third kappa shape index (κ3) is 4.53. The average Bonchev–Trinajstić information content (AvgIpc) is 3.81. The summed E-state index contributed by atoms with van der Waals surface area (Å²) in [6.45, 7) is 0. The van der Waals surface area contributed by atoms with Crippen molar-refractivity contribution in [2.24, 2.45) is 0 Å². The lowest BCUT2D eigenvalue weighted by molar-refractivity contribution is 1.07. The maximum absolute atomic E-state index is 5.21. The van der Waals surface area contributed by atoms with Crippen LogP contribution in [0.2, 0.25) is 0 Å². The Kier molecular flexibility index (Phi) is 6.57. The minimum absolute atomic E-state index is 0.643. The quantitative estimate of drug-likeness (QED) is 0.180. The highest BCUT2D eigenvalue weighted by atomic mass is 32.1. The number of nitrogens with zero attached hydrogens (tertiary/aromatic N) is 4. The third-order valence-electron chi connectivity index (χ3n) is 11.9. The predicted octanol–water partition coefficient (Wildman–Crippen LogP) is 14.3. The molecule has 0 saturated heterocycles. The Hall–Kier alpha value is -7.47. The molecule has 0 saturated carbocycles. The van der Waals surface area contributed by atoms with Gasteiger partial charge in [0.2, 0.25) is 0 Å². The first-order chi connectivity index (χ1) is 28.7. The van der Waals surface area contributed by atoms with Crippen LogP contribution >= 0.6 is 11.3 Å². The van der Waals surface area contributed by atoms with E-state index in [9.17, 15) is 0 Å². The molecule has 0 aliphatic heterocycles. The summed E-state index contributed by atoms with van der Waals surface area (Å²) in [5, 5.41) is 10.1. The van der Waals surface area contributed by atoms with Gasteiger partial charge in [-0.3, -0.25) is 0 Å². The summed E-state index contributed by atoms with van der Waals surface area (Å²) in [6.07, 6.45) is 0. The molecule has 12 aromatic rings. The van der Waals surface area contributed by atoms with Crippen LogP contribution in [0.5, 0.6) is 0 Å². The van der Waals surface area contributed by atoms with Crippen molar-refractivity contribution in [3.8, 4) is 62.1 Å². The molecule has 0 radical (unpaired) electrons. The van der Waals surface area contributed by atoms with Crippen molar-refractivity contribution in [1.82, 2.24) is 19.5 Å². The standard InChI is InChI=1S/C53H30N4S/c1-3-13-32(14-4-1)51-54-52(33-15-5-2-6-16-33)56-53(55-51)36-29-44(48-39-20-9-10-24-45(39)58-46(48)30-36)57-42-23-12-22-38-41-28-35-18-8-7-17-34(35)27-40(41)37-21-11-19-31-25-26-43(57)50(47(31)37)49(38)42/h1-30H. The Labute approximate surface area is 337 Å². The highest BCUT2D eigenvalue weighted by Crippen LogP contribution is 2.51. The van der Waals surface area contributed by atoms with E-state index in [0.29, 0.717) is 17.5 Å². The van der Waals surface area contributed by atoms with Gasteiger partial charge in [0, 0.05) is 47.6 Å². The van der Waals surface area contributed by atoms with Gasteiger partial charge in [-0.25, -0.2) is 15.0 Å². The van der Waals surface area contributed by atoms with Gasteiger partial charge in [0.05, 0.1) is 16.7 Å². The summed E-state index contributed by atoms with van der Waals surface area (Å²) in [4.78, 5) is 15.4. The SMILES string of the molecule is c1ccc(-c2nc(-c3ccccc3)nc(-c3cc(-n4c5cccc6c5c5c7c(cccc7ccc54)-c4cc5ccccc5cc4-6)c4c(c3)sc3ccccc34)n2)cc1. The molecule has 3 aromatic heterocycles. The number of fused-ring (bicyclic) bond motifs is 7. The zero-order chi connectivity index (χ0) is 37.9. The molecule has 0 bridgehead atoms. The Morgan fingerprint density at radius 1 is 0.345 bits per heavy atom. The minimum Gasteiger partial charge on any atom is -0.308 e. The van der Waals surface area contributed by atoms with Crippen molar-refractivity contribution in [1.29, 1.82) is 0 Å². The van der Waals surface area contributed by atoms with Crippen LogP contribution in [0.1, 0.15) is 0 Å². The topological polar surface area (TPSA) is 43.6 Å². The summed E-state index contributed by atoms with van der Waals surface area (Å²) in [7, 11) is 0. The van der Waals surface area contributed by atoms with Crippen molar-refractivity contribution in [2.45, 2.75) is 0 Å². The van der Waals surface area contributed by atoms with Gasteiger partial charge >= 0.3 is 0 Å². The number of hydrogen-bond acceptors (Lipinski definition) is 4. The predicted molar refractivity (Wildman–Crippen MR) is 243 cm³/mol. The fraction of sp³-hybridized carbons (Fsp3) is 0. The molecule has 1 aliphatic rings. The van der Waals surface area contributed by atoms with E-state index in [4.69, 9.17) is 15.0 Å². The van der Waals surface area contributed by atoms with E-state index < -0.39 is 0 Å². The molecule has 0 N–H and O–H groups in total. The monoisotopic (exact) mass is 754 g/mol. The first-order valence-corrected chi connectivity index (χ1v) is 20.4. The highest BCUT2D eigenvalue weighted by molar-refractivity contribution is 7.26. The van der Waals surface area contributed by atoms with Crippen LogP contribution < -0.4 is 0 Å². The molecule has 9 aromatic carbocycles. The zero-order valence-electron chi connectivity index (χ0n) is 31.0. The lowest BCUT2D eigenvalue weighted by Gasteiger charge is -2.16. The van der Waals surface area contributed by atoms with E-state index in [-0.39, 0.29) is 0 Å². The summed E-state index contributed by atoms with van der Waals surface area (Å²) < 4.78 is 4.95. The summed E-state index contributed by atoms with van der Waals surface area (Å²) >= 11 is 1.82. The van der Waals surface area contributed by atoms with E-state index in [1.165, 1.54) is 85.8 Å². The largest absolute Gasteiger partial charge is 0.308 e. The van der Waals surface area contributed by atoms with E-state index in [1.807, 2.05) is 47.7 Å². The third-order valence-corrected chi connectivity index (χ3v) is 13.0. The number of aromatic nitrogens is 4. The number of benzene rings is 9. The minimum atomic E-state index is 0.643. The van der Waals surface area contributed by atoms with Gasteiger partial charge in [-0.1, -0.05) is 140 Å². The number of rotatable bonds is 4. The van der Waals surface area contributed by atoms with Crippen LogP contribution in [-0.2, 0) is 0 Å². The molecule has 1 aliphatic carbocycles. The second kappa shape index (κ2) is 12.0. The van der Waals surface area contributed by atoms with Crippen molar-refractivity contribution in [3.05, 3.63) is 182 Å². The number of thiophene rings is 1. The smallest absolute Gasteiger partial charge is 0.164 e. The lowest BCUT2D eigenvalue weighted by Crippen LogP contribution is -2.01. The average molecular weight is 755 g/mol. The van der Waals surface area contributed by atoms with Gasteiger partial charge in [0.15, 0.2) is 17.5 Å². The normalized spacial score (nSPS) is 12.1. The van der Waals surface area contributed by atoms with Crippen LogP contribution in [0.4, 0.5) is 0 Å². The van der Waals surface area contributed by atoms with Crippen molar-refractivity contribution < 1.29 is 0 Å². The molecular formula is C53H30N4S. The van der Waals surface area contributed by atoms with Gasteiger partial charge < -0.3 is 4.57 Å². The van der Waals surface area contributed by atoms with Crippen molar-refractivity contribution >= 4 is 74.9 Å². The van der Waals surface area contributed by atoms with Crippen LogP contribution in [0.25, 0.3) is 126 Å². The first kappa shape index (κ1) is 31.7. The van der Waals surface area contributed by atoms with Gasteiger partial charge in [0.25, 0.3) is 0 Å². The second-order valence-corrected chi connectivity index (χ2v) is 16.2. The van der Waals surface area contributed by atoms with Crippen molar-refractivity contribution in [2.75, 3.05) is 0 Å². The van der Waals surface area contributed by atoms with Crippen LogP contribution in [0, 0.1) is 0 Å². The van der Waals surface area contributed by atoms with Crippen molar-refractivity contribution in [3.63, 3.8) is 0 Å². The molecule has 5 heteroatoms. The number of hydrogen-bond donors (Lipinski definition) is 0. The van der Waals surface area contributed by atoms with E-state index in [0.717, 1.165) is 22.4 Å².